The van der Waals surface area contributed by atoms with Crippen LogP contribution >= 0.6 is 27.5 Å². The second-order valence-electron chi connectivity index (χ2n) is 5.29. The van der Waals surface area contributed by atoms with Gasteiger partial charge in [-0.15, -0.1) is 0 Å². The lowest BCUT2D eigenvalue weighted by molar-refractivity contribution is 0.177. The molecule has 0 saturated carbocycles. The molecule has 1 aliphatic heterocycles. The van der Waals surface area contributed by atoms with Crippen molar-refractivity contribution in [2.45, 2.75) is 12.5 Å². The zero-order valence-electron chi connectivity index (χ0n) is 12.1. The van der Waals surface area contributed by atoms with E-state index in [1.54, 1.807) is 12.1 Å². The van der Waals surface area contributed by atoms with Crippen molar-refractivity contribution in [2.24, 2.45) is 11.0 Å². The van der Waals surface area contributed by atoms with Gasteiger partial charge in [-0.05, 0) is 35.7 Å². The average molecular weight is 396 g/mol. The maximum absolute atomic E-state index is 9.78. The van der Waals surface area contributed by atoms with Gasteiger partial charge in [-0.25, -0.2) is 4.98 Å². The van der Waals surface area contributed by atoms with E-state index in [9.17, 15) is 10.6 Å². The van der Waals surface area contributed by atoms with Crippen molar-refractivity contribution in [3.63, 3.8) is 0 Å². The summed E-state index contributed by atoms with van der Waals surface area (Å²) in [5, 5.41) is 14.1. The Hall–Kier alpha value is -1.79. The van der Waals surface area contributed by atoms with Gasteiger partial charge < -0.3 is 9.84 Å². The number of ether oxygens (including phenoxy) is 1. The molecule has 2 atom stereocenters. The van der Waals surface area contributed by atoms with Crippen LogP contribution in [0.4, 0.5) is 0 Å². The highest BCUT2D eigenvalue weighted by Gasteiger charge is 2.46. The minimum Gasteiger partial charge on any atom is -0.455 e. The Morgan fingerprint density at radius 1 is 1.43 bits per heavy atom. The first kappa shape index (κ1) is 16.1. The Kier molecular flexibility index (Phi) is 4.21. The number of aliphatic hydroxyl groups excluding tert-OH is 1. The molecule has 1 aliphatic rings. The molecule has 0 aliphatic carbocycles. The molecule has 0 spiro atoms. The maximum atomic E-state index is 9.78. The van der Waals surface area contributed by atoms with Crippen LogP contribution in [-0.4, -0.2) is 16.7 Å². The van der Waals surface area contributed by atoms with Gasteiger partial charge in [-0.3, -0.25) is 0 Å². The van der Waals surface area contributed by atoms with Gasteiger partial charge in [-0.2, -0.15) is 0 Å². The van der Waals surface area contributed by atoms with Gasteiger partial charge in [0.2, 0.25) is 0 Å². The number of nitrogens with zero attached hydrogens (tertiary/aromatic N) is 4. The fourth-order valence-electron chi connectivity index (χ4n) is 2.89. The third-order valence-electron chi connectivity index (χ3n) is 4.01. The van der Waals surface area contributed by atoms with E-state index in [0.717, 1.165) is 4.47 Å². The number of rotatable bonds is 3. The fourth-order valence-corrected chi connectivity index (χ4v) is 3.41. The first-order valence-electron chi connectivity index (χ1n) is 6.84. The fraction of sp³-hybridized carbons (Fsp3) is 0.267. The van der Waals surface area contributed by atoms with Crippen LogP contribution in [-0.2, 0) is 5.54 Å². The third kappa shape index (κ3) is 2.46. The van der Waals surface area contributed by atoms with Crippen LogP contribution in [0.5, 0.6) is 11.5 Å². The van der Waals surface area contributed by atoms with Gasteiger partial charge in [0, 0.05) is 27.1 Å². The molecule has 2 aromatic rings. The highest BCUT2D eigenvalue weighted by atomic mass is 79.9. The van der Waals surface area contributed by atoms with E-state index in [-0.39, 0.29) is 11.8 Å². The summed E-state index contributed by atoms with van der Waals surface area (Å²) in [6.45, 7) is 1.63. The summed E-state index contributed by atoms with van der Waals surface area (Å²) in [5.74, 6) is 0.613. The molecule has 8 heteroatoms. The second kappa shape index (κ2) is 6.02. The van der Waals surface area contributed by atoms with Crippen LogP contribution < -0.4 is 4.74 Å². The van der Waals surface area contributed by atoms with Gasteiger partial charge in [0.15, 0.2) is 0 Å². The minimum atomic E-state index is -1.14. The molecule has 2 unspecified atom stereocenters. The van der Waals surface area contributed by atoms with Crippen molar-refractivity contribution in [1.82, 2.24) is 4.98 Å². The number of aromatic nitrogens is 1. The predicted molar refractivity (Wildman–Crippen MR) is 89.6 cm³/mol. The number of azide groups is 1. The standard InChI is InChI=1S/C15H12BrClN4O2/c1-8(7-22)15(20-21-18)10-4-9(16)2-3-12(10)23-13-6-19-14(17)5-11(13)15/h2-6,8,22H,7H2,1H3. The zero-order chi connectivity index (χ0) is 16.6. The SMILES string of the molecule is CC(CO)C1(N=[N+]=[N-])c2cc(Br)ccc2Oc2cnc(Cl)cc21. The number of aliphatic hydroxyl groups is 1. The van der Waals surface area contributed by atoms with E-state index in [1.807, 2.05) is 19.1 Å². The molecule has 3 rings (SSSR count). The lowest BCUT2D eigenvalue weighted by atomic mass is 9.73. The van der Waals surface area contributed by atoms with Crippen LogP contribution in [0, 0.1) is 5.92 Å². The molecule has 0 saturated heterocycles. The molecule has 6 nitrogen and oxygen atoms in total. The van der Waals surface area contributed by atoms with Crippen LogP contribution in [0.2, 0.25) is 5.15 Å². The molecule has 0 fully saturated rings. The molecule has 1 aromatic carbocycles. The topological polar surface area (TPSA) is 91.1 Å². The maximum Gasteiger partial charge on any atom is 0.150 e. The van der Waals surface area contributed by atoms with E-state index in [1.165, 1.54) is 6.20 Å². The summed E-state index contributed by atoms with van der Waals surface area (Å²) in [4.78, 5) is 7.06. The highest BCUT2D eigenvalue weighted by molar-refractivity contribution is 9.10. The number of hydrogen-bond acceptors (Lipinski definition) is 4. The Labute approximate surface area is 145 Å². The van der Waals surface area contributed by atoms with Crippen molar-refractivity contribution in [1.29, 1.82) is 0 Å². The summed E-state index contributed by atoms with van der Waals surface area (Å²) >= 11 is 9.46. The van der Waals surface area contributed by atoms with Crippen LogP contribution in [0.25, 0.3) is 10.4 Å². The smallest absolute Gasteiger partial charge is 0.150 e. The van der Waals surface area contributed by atoms with Gasteiger partial charge in [0.1, 0.15) is 22.2 Å². The summed E-state index contributed by atoms with van der Waals surface area (Å²) in [6, 6.07) is 7.05. The van der Waals surface area contributed by atoms with E-state index < -0.39 is 11.5 Å². The first-order valence-corrected chi connectivity index (χ1v) is 8.01. The molecule has 1 N–H and O–H groups in total. The van der Waals surface area contributed by atoms with Crippen molar-refractivity contribution in [3.05, 3.63) is 61.7 Å². The summed E-state index contributed by atoms with van der Waals surface area (Å²) in [5.41, 5.74) is 9.31. The lowest BCUT2D eigenvalue weighted by Crippen LogP contribution is -2.37. The monoisotopic (exact) mass is 394 g/mol. The van der Waals surface area contributed by atoms with E-state index in [0.29, 0.717) is 22.6 Å². The van der Waals surface area contributed by atoms with Crippen LogP contribution in [0.15, 0.2) is 40.0 Å². The third-order valence-corrected chi connectivity index (χ3v) is 4.71. The van der Waals surface area contributed by atoms with Crippen molar-refractivity contribution in [3.8, 4) is 11.5 Å². The Bertz CT molecular complexity index is 772. The van der Waals surface area contributed by atoms with Gasteiger partial charge in [0.25, 0.3) is 0 Å². The van der Waals surface area contributed by atoms with Crippen molar-refractivity contribution >= 4 is 27.5 Å². The molecule has 1 aromatic heterocycles. The quantitative estimate of drug-likeness (QED) is 0.351. The Morgan fingerprint density at radius 2 is 2.17 bits per heavy atom. The van der Waals surface area contributed by atoms with Crippen molar-refractivity contribution < 1.29 is 9.84 Å². The lowest BCUT2D eigenvalue weighted by Gasteiger charge is -2.40. The second-order valence-corrected chi connectivity index (χ2v) is 6.59. The van der Waals surface area contributed by atoms with E-state index in [2.05, 4.69) is 30.9 Å². The number of hydrogen-bond donors (Lipinski definition) is 1. The number of halogens is 2. The average Bonchev–Trinajstić information content (AvgIpc) is 2.55. The number of fused-ring (bicyclic) bond motifs is 2. The van der Waals surface area contributed by atoms with Crippen molar-refractivity contribution in [2.75, 3.05) is 6.61 Å². The summed E-state index contributed by atoms with van der Waals surface area (Å²) in [7, 11) is 0. The highest BCUT2D eigenvalue weighted by Crippen LogP contribution is 2.53. The normalized spacial score (nSPS) is 19.8. The van der Waals surface area contributed by atoms with Gasteiger partial charge >= 0.3 is 0 Å². The molecule has 0 radical (unpaired) electrons. The van der Waals surface area contributed by atoms with E-state index in [4.69, 9.17) is 16.3 Å². The summed E-state index contributed by atoms with van der Waals surface area (Å²) < 4.78 is 6.69. The minimum absolute atomic E-state index is 0.176. The molecule has 0 bridgehead atoms. The van der Waals surface area contributed by atoms with E-state index >= 15 is 0 Å². The summed E-state index contributed by atoms with van der Waals surface area (Å²) in [6.07, 6.45) is 1.49. The first-order chi connectivity index (χ1) is 11.0. The molecular weight excluding hydrogens is 384 g/mol. The van der Waals surface area contributed by atoms with Crippen LogP contribution in [0.3, 0.4) is 0 Å². The molecule has 2 heterocycles. The predicted octanol–water partition coefficient (Wildman–Crippen LogP) is 4.79. The molecule has 0 amide bonds. The van der Waals surface area contributed by atoms with Gasteiger partial charge in [0.05, 0.1) is 6.20 Å². The molecule has 118 valence electrons. The zero-order valence-corrected chi connectivity index (χ0v) is 14.4. The Balaban J connectivity index is 2.42. The van der Waals surface area contributed by atoms with Gasteiger partial charge in [-0.1, -0.05) is 39.6 Å². The number of benzene rings is 1. The number of pyridine rings is 1. The molecular formula is C15H12BrClN4O2. The van der Waals surface area contributed by atoms with Crippen LogP contribution in [0.1, 0.15) is 18.1 Å². The molecule has 23 heavy (non-hydrogen) atoms. The largest absolute Gasteiger partial charge is 0.455 e. The Morgan fingerprint density at radius 3 is 2.87 bits per heavy atom.